The summed E-state index contributed by atoms with van der Waals surface area (Å²) < 4.78 is 0. The summed E-state index contributed by atoms with van der Waals surface area (Å²) in [7, 11) is 0. The zero-order valence-corrected chi connectivity index (χ0v) is 7.48. The van der Waals surface area contributed by atoms with Gasteiger partial charge in [-0.2, -0.15) is 5.26 Å². The minimum Gasteiger partial charge on any atom is -0.192 e. The Morgan fingerprint density at radius 2 is 2.25 bits per heavy atom. The maximum absolute atomic E-state index is 8.74. The SMILES string of the molecule is C#CSc1c(C)cccc1C#N. The molecule has 0 bridgehead atoms. The van der Waals surface area contributed by atoms with E-state index >= 15 is 0 Å². The van der Waals surface area contributed by atoms with E-state index in [1.165, 1.54) is 11.8 Å². The van der Waals surface area contributed by atoms with Gasteiger partial charge in [-0.15, -0.1) is 6.42 Å². The van der Waals surface area contributed by atoms with E-state index in [-0.39, 0.29) is 0 Å². The second-order valence-electron chi connectivity index (χ2n) is 2.28. The third-order valence-electron chi connectivity index (χ3n) is 1.49. The minimum atomic E-state index is 0.651. The van der Waals surface area contributed by atoms with Crippen LogP contribution in [0.1, 0.15) is 11.1 Å². The first-order valence-corrected chi connectivity index (χ1v) is 4.23. The standard InChI is InChI=1S/C10H7NS/c1-3-12-10-8(2)5-4-6-9(10)7-11/h1,4-6H,2H3. The zero-order chi connectivity index (χ0) is 8.97. The number of hydrogen-bond acceptors (Lipinski definition) is 2. The predicted molar refractivity (Wildman–Crippen MR) is 50.6 cm³/mol. The molecule has 2 heteroatoms. The monoisotopic (exact) mass is 173 g/mol. The van der Waals surface area contributed by atoms with E-state index in [1.54, 1.807) is 6.07 Å². The van der Waals surface area contributed by atoms with E-state index in [2.05, 4.69) is 11.3 Å². The Balaban J connectivity index is 3.24. The van der Waals surface area contributed by atoms with Gasteiger partial charge in [-0.3, -0.25) is 0 Å². The van der Waals surface area contributed by atoms with Crippen LogP contribution in [0.5, 0.6) is 0 Å². The number of nitrogens with zero attached hydrogens (tertiary/aromatic N) is 1. The molecule has 1 aromatic carbocycles. The molecule has 1 nitrogen and oxygen atoms in total. The number of terminal acetylenes is 1. The van der Waals surface area contributed by atoms with Crippen molar-refractivity contribution >= 4 is 11.8 Å². The molecule has 0 aliphatic carbocycles. The van der Waals surface area contributed by atoms with Crippen molar-refractivity contribution in [2.24, 2.45) is 0 Å². The number of benzene rings is 1. The van der Waals surface area contributed by atoms with Gasteiger partial charge in [0, 0.05) is 4.90 Å². The summed E-state index contributed by atoms with van der Waals surface area (Å²) in [6.45, 7) is 1.94. The van der Waals surface area contributed by atoms with Crippen LogP contribution in [0.25, 0.3) is 0 Å². The molecule has 0 atom stereocenters. The number of nitriles is 1. The van der Waals surface area contributed by atoms with Gasteiger partial charge < -0.3 is 0 Å². The van der Waals surface area contributed by atoms with Crippen LogP contribution in [0.3, 0.4) is 0 Å². The number of rotatable bonds is 1. The van der Waals surface area contributed by atoms with Crippen molar-refractivity contribution in [3.05, 3.63) is 29.3 Å². The minimum absolute atomic E-state index is 0.651. The molecule has 1 aromatic rings. The Kier molecular flexibility index (Phi) is 2.80. The largest absolute Gasteiger partial charge is 0.192 e. The summed E-state index contributed by atoms with van der Waals surface area (Å²) >= 11 is 1.26. The Labute approximate surface area is 76.4 Å². The predicted octanol–water partition coefficient (Wildman–Crippen LogP) is 2.55. The molecule has 12 heavy (non-hydrogen) atoms. The van der Waals surface area contributed by atoms with Crippen molar-refractivity contribution in [2.45, 2.75) is 11.8 Å². The van der Waals surface area contributed by atoms with Gasteiger partial charge >= 0.3 is 0 Å². The lowest BCUT2D eigenvalue weighted by Gasteiger charge is -2.01. The topological polar surface area (TPSA) is 23.8 Å². The second kappa shape index (κ2) is 3.85. The van der Waals surface area contributed by atoms with Gasteiger partial charge in [0.2, 0.25) is 0 Å². The molecule has 0 radical (unpaired) electrons. The molecule has 0 amide bonds. The summed E-state index contributed by atoms with van der Waals surface area (Å²) in [4.78, 5) is 0.891. The lowest BCUT2D eigenvalue weighted by atomic mass is 10.1. The van der Waals surface area contributed by atoms with Crippen molar-refractivity contribution in [3.63, 3.8) is 0 Å². The van der Waals surface area contributed by atoms with Crippen LogP contribution in [0, 0.1) is 29.9 Å². The highest BCUT2D eigenvalue weighted by Gasteiger charge is 2.03. The third kappa shape index (κ3) is 1.61. The average molecular weight is 173 g/mol. The second-order valence-corrected chi connectivity index (χ2v) is 3.13. The lowest BCUT2D eigenvalue weighted by molar-refractivity contribution is 1.27. The highest BCUT2D eigenvalue weighted by atomic mass is 32.2. The van der Waals surface area contributed by atoms with E-state index in [0.717, 1.165) is 10.5 Å². The Morgan fingerprint density at radius 3 is 2.83 bits per heavy atom. The quantitative estimate of drug-likeness (QED) is 0.481. The van der Waals surface area contributed by atoms with E-state index in [1.807, 2.05) is 19.1 Å². The molecule has 0 saturated heterocycles. The molecule has 0 spiro atoms. The number of thioether (sulfide) groups is 1. The van der Waals surface area contributed by atoms with Crippen molar-refractivity contribution in [1.82, 2.24) is 0 Å². The van der Waals surface area contributed by atoms with Crippen LogP contribution in [-0.2, 0) is 0 Å². The van der Waals surface area contributed by atoms with Crippen LogP contribution >= 0.6 is 11.8 Å². The van der Waals surface area contributed by atoms with Crippen molar-refractivity contribution in [3.8, 4) is 17.7 Å². The van der Waals surface area contributed by atoms with Gasteiger partial charge in [0.05, 0.1) is 5.56 Å². The first kappa shape index (κ1) is 8.71. The average Bonchev–Trinajstić information content (AvgIpc) is 2.09. The van der Waals surface area contributed by atoms with Crippen LogP contribution in [0.15, 0.2) is 23.1 Å². The Hall–Kier alpha value is -1.38. The van der Waals surface area contributed by atoms with Gasteiger partial charge in [-0.05, 0) is 35.6 Å². The molecule has 0 saturated carbocycles. The maximum Gasteiger partial charge on any atom is 0.100 e. The fourth-order valence-electron chi connectivity index (χ4n) is 0.935. The molecule has 0 aliphatic rings. The molecule has 0 fully saturated rings. The van der Waals surface area contributed by atoms with E-state index in [4.69, 9.17) is 11.7 Å². The molecule has 0 N–H and O–H groups in total. The fraction of sp³-hybridized carbons (Fsp3) is 0.100. The molecule has 1 rings (SSSR count). The lowest BCUT2D eigenvalue weighted by Crippen LogP contribution is -1.83. The third-order valence-corrected chi connectivity index (χ3v) is 2.36. The van der Waals surface area contributed by atoms with Gasteiger partial charge in [-0.1, -0.05) is 12.1 Å². The van der Waals surface area contributed by atoms with Gasteiger partial charge in [-0.25, -0.2) is 0 Å². The van der Waals surface area contributed by atoms with Crippen LogP contribution < -0.4 is 0 Å². The molecular weight excluding hydrogens is 166 g/mol. The first-order valence-electron chi connectivity index (χ1n) is 3.41. The first-order chi connectivity index (χ1) is 5.79. The van der Waals surface area contributed by atoms with Crippen LogP contribution in [-0.4, -0.2) is 0 Å². The highest BCUT2D eigenvalue weighted by molar-refractivity contribution is 8.04. The summed E-state index contributed by atoms with van der Waals surface area (Å²) in [5.74, 6) is 0. The maximum atomic E-state index is 8.74. The molecule has 0 unspecified atom stereocenters. The molecule has 0 aromatic heterocycles. The van der Waals surface area contributed by atoms with Gasteiger partial charge in [0.1, 0.15) is 6.07 Å². The zero-order valence-electron chi connectivity index (χ0n) is 6.66. The van der Waals surface area contributed by atoms with Crippen molar-refractivity contribution in [2.75, 3.05) is 0 Å². The molecular formula is C10H7NS. The highest BCUT2D eigenvalue weighted by Crippen LogP contribution is 2.24. The van der Waals surface area contributed by atoms with Gasteiger partial charge in [0.15, 0.2) is 0 Å². The smallest absolute Gasteiger partial charge is 0.100 e. The van der Waals surface area contributed by atoms with Crippen LogP contribution in [0.4, 0.5) is 0 Å². The molecule has 0 aliphatic heterocycles. The number of hydrogen-bond donors (Lipinski definition) is 0. The normalized spacial score (nSPS) is 8.58. The fourth-order valence-corrected chi connectivity index (χ4v) is 1.51. The summed E-state index contributed by atoms with van der Waals surface area (Å²) in [5, 5.41) is 11.2. The van der Waals surface area contributed by atoms with E-state index < -0.39 is 0 Å². The van der Waals surface area contributed by atoms with E-state index in [0.29, 0.717) is 5.56 Å². The Bertz CT molecular complexity index is 368. The summed E-state index contributed by atoms with van der Waals surface area (Å²) in [6.07, 6.45) is 5.16. The van der Waals surface area contributed by atoms with Crippen molar-refractivity contribution in [1.29, 1.82) is 5.26 Å². The summed E-state index contributed by atoms with van der Waals surface area (Å²) in [6, 6.07) is 7.68. The van der Waals surface area contributed by atoms with E-state index in [9.17, 15) is 0 Å². The molecule has 0 heterocycles. The summed E-state index contributed by atoms with van der Waals surface area (Å²) in [5.41, 5.74) is 1.70. The molecule has 58 valence electrons. The van der Waals surface area contributed by atoms with Gasteiger partial charge in [0.25, 0.3) is 0 Å². The van der Waals surface area contributed by atoms with Crippen molar-refractivity contribution < 1.29 is 0 Å². The van der Waals surface area contributed by atoms with Crippen LogP contribution in [0.2, 0.25) is 0 Å². The Morgan fingerprint density at radius 1 is 1.50 bits per heavy atom. The number of aryl methyl sites for hydroxylation is 1.